The number of nitriles is 1. The summed E-state index contributed by atoms with van der Waals surface area (Å²) in [6.45, 7) is 6.01. The highest BCUT2D eigenvalue weighted by atomic mass is 16.3. The molecule has 0 saturated heterocycles. The fraction of sp³-hybridized carbons (Fsp3) is 0.235. The van der Waals surface area contributed by atoms with Crippen molar-refractivity contribution in [3.63, 3.8) is 0 Å². The van der Waals surface area contributed by atoms with Gasteiger partial charge in [0.15, 0.2) is 0 Å². The minimum absolute atomic E-state index is 0.0627. The van der Waals surface area contributed by atoms with Gasteiger partial charge in [0.1, 0.15) is 17.5 Å². The summed E-state index contributed by atoms with van der Waals surface area (Å²) < 4.78 is 5.61. The van der Waals surface area contributed by atoms with Crippen LogP contribution in [0.15, 0.2) is 33.5 Å². The lowest BCUT2D eigenvalue weighted by Crippen LogP contribution is -2.06. The fourth-order valence-corrected chi connectivity index (χ4v) is 2.15. The molecule has 3 rings (SSSR count). The highest BCUT2D eigenvalue weighted by Gasteiger charge is 2.12. The maximum absolute atomic E-state index is 12.5. The molecule has 2 heterocycles. The van der Waals surface area contributed by atoms with E-state index < -0.39 is 0 Å². The Hall–Kier alpha value is -2.87. The molecule has 1 aromatic carbocycles. The number of hydrogen-bond donors (Lipinski definition) is 1. The minimum atomic E-state index is -0.194. The van der Waals surface area contributed by atoms with Crippen molar-refractivity contribution >= 4 is 27.9 Å². The maximum atomic E-state index is 12.5. The van der Waals surface area contributed by atoms with E-state index in [0.717, 1.165) is 12.0 Å². The predicted octanol–water partition coefficient (Wildman–Crippen LogP) is 3.38. The molecule has 0 unspecified atom stereocenters. The van der Waals surface area contributed by atoms with E-state index >= 15 is 0 Å². The van der Waals surface area contributed by atoms with Crippen molar-refractivity contribution in [2.24, 2.45) is 0 Å². The molecule has 0 radical (unpaired) electrons. The van der Waals surface area contributed by atoms with Crippen LogP contribution < -0.4 is 11.2 Å². The van der Waals surface area contributed by atoms with Gasteiger partial charge in [-0.3, -0.25) is 4.79 Å². The number of nitrogens with zero attached hydrogens (tertiary/aromatic N) is 2. The van der Waals surface area contributed by atoms with E-state index in [9.17, 15) is 4.79 Å². The Kier molecular flexibility index (Phi) is 4.42. The van der Waals surface area contributed by atoms with E-state index in [4.69, 9.17) is 15.4 Å². The zero-order valence-electron chi connectivity index (χ0n) is 12.8. The summed E-state index contributed by atoms with van der Waals surface area (Å²) >= 11 is 0. The van der Waals surface area contributed by atoms with Gasteiger partial charge in [0.2, 0.25) is 11.1 Å². The molecule has 0 aliphatic carbocycles. The topological polar surface area (TPSA) is 92.9 Å². The highest BCUT2D eigenvalue weighted by molar-refractivity contribution is 5.89. The van der Waals surface area contributed by atoms with Gasteiger partial charge in [0.05, 0.1) is 16.3 Å². The Morgan fingerprint density at radius 1 is 1.27 bits per heavy atom. The van der Waals surface area contributed by atoms with Gasteiger partial charge in [-0.2, -0.15) is 10.2 Å². The summed E-state index contributed by atoms with van der Waals surface area (Å²) in [6, 6.07) is 8.82. The Balaban J connectivity index is 0.000000847. The van der Waals surface area contributed by atoms with Crippen molar-refractivity contribution in [2.45, 2.75) is 27.2 Å². The maximum Gasteiger partial charge on any atom is 0.232 e. The van der Waals surface area contributed by atoms with Crippen molar-refractivity contribution in [2.75, 3.05) is 5.73 Å². The van der Waals surface area contributed by atoms with E-state index in [1.807, 2.05) is 39.0 Å². The summed E-state index contributed by atoms with van der Waals surface area (Å²) in [5.74, 6) is 0.0627. The van der Waals surface area contributed by atoms with Crippen LogP contribution in [0.25, 0.3) is 22.1 Å². The molecule has 3 aromatic rings. The first-order valence-corrected chi connectivity index (χ1v) is 7.20. The molecule has 0 atom stereocenters. The van der Waals surface area contributed by atoms with Gasteiger partial charge in [0, 0.05) is 0 Å². The third-order valence-electron chi connectivity index (χ3n) is 3.29. The molecular formula is C17H17N3O2. The van der Waals surface area contributed by atoms with Crippen molar-refractivity contribution < 1.29 is 4.42 Å². The number of aromatic nitrogens is 1. The quantitative estimate of drug-likeness (QED) is 0.694. The molecule has 0 amide bonds. The number of benzene rings is 1. The second kappa shape index (κ2) is 6.27. The largest absolute Gasteiger partial charge is 0.437 e. The van der Waals surface area contributed by atoms with Crippen molar-refractivity contribution in [3.05, 3.63) is 45.6 Å². The molecule has 0 aliphatic heterocycles. The van der Waals surface area contributed by atoms with Crippen LogP contribution >= 0.6 is 0 Å². The molecule has 22 heavy (non-hydrogen) atoms. The molecule has 5 heteroatoms. The zero-order valence-corrected chi connectivity index (χ0v) is 12.8. The molecule has 5 nitrogen and oxygen atoms in total. The number of rotatable bonds is 1. The first kappa shape index (κ1) is 15.5. The van der Waals surface area contributed by atoms with Gasteiger partial charge in [-0.15, -0.1) is 0 Å². The van der Waals surface area contributed by atoms with Gasteiger partial charge in [-0.05, 0) is 30.2 Å². The standard InChI is InChI=1S/C15H11N3O2.C2H6/c1-2-8-3-4-12-10(5-8)13(19)11-6-9(7-16)14(17)18-15(11)20-12;1-2/h3-6H,2H2,1H3,(H2,17,18);1-2H3. The Morgan fingerprint density at radius 2 is 2.00 bits per heavy atom. The zero-order chi connectivity index (χ0) is 16.3. The van der Waals surface area contributed by atoms with E-state index in [1.165, 1.54) is 6.07 Å². The molecule has 112 valence electrons. The summed E-state index contributed by atoms with van der Waals surface area (Å²) in [4.78, 5) is 16.5. The van der Waals surface area contributed by atoms with Crippen molar-refractivity contribution in [1.29, 1.82) is 5.26 Å². The van der Waals surface area contributed by atoms with Crippen molar-refractivity contribution in [1.82, 2.24) is 4.98 Å². The molecular weight excluding hydrogens is 278 g/mol. The molecule has 0 spiro atoms. The third-order valence-corrected chi connectivity index (χ3v) is 3.29. The number of nitrogen functional groups attached to an aromatic ring is 1. The normalized spacial score (nSPS) is 10.1. The average Bonchev–Trinajstić information content (AvgIpc) is 2.56. The monoisotopic (exact) mass is 295 g/mol. The number of pyridine rings is 1. The number of anilines is 1. The summed E-state index contributed by atoms with van der Waals surface area (Å²) in [5, 5.41) is 9.73. The Bertz CT molecular complexity index is 936. The molecule has 2 N–H and O–H groups in total. The van der Waals surface area contributed by atoms with Gasteiger partial charge in [-0.1, -0.05) is 26.8 Å². The number of nitrogens with two attached hydrogens (primary N) is 1. The third kappa shape index (κ3) is 2.51. The summed E-state index contributed by atoms with van der Waals surface area (Å²) in [5.41, 5.74) is 7.30. The smallest absolute Gasteiger partial charge is 0.232 e. The molecule has 0 bridgehead atoms. The Morgan fingerprint density at radius 3 is 2.64 bits per heavy atom. The van der Waals surface area contributed by atoms with Gasteiger partial charge >= 0.3 is 0 Å². The van der Waals surface area contributed by atoms with Gasteiger partial charge < -0.3 is 10.2 Å². The van der Waals surface area contributed by atoms with E-state index in [0.29, 0.717) is 11.0 Å². The van der Waals surface area contributed by atoms with Crippen LogP contribution in [0.1, 0.15) is 31.9 Å². The predicted molar refractivity (Wildman–Crippen MR) is 87.6 cm³/mol. The van der Waals surface area contributed by atoms with Crippen LogP contribution in [0.3, 0.4) is 0 Å². The minimum Gasteiger partial charge on any atom is -0.437 e. The van der Waals surface area contributed by atoms with Crippen LogP contribution in [0, 0.1) is 11.3 Å². The molecule has 0 fully saturated rings. The lowest BCUT2D eigenvalue weighted by molar-refractivity contribution is 0.645. The first-order valence-electron chi connectivity index (χ1n) is 7.20. The van der Waals surface area contributed by atoms with Gasteiger partial charge in [-0.25, -0.2) is 0 Å². The van der Waals surface area contributed by atoms with Crippen LogP contribution in [0.5, 0.6) is 0 Å². The first-order chi connectivity index (χ1) is 10.6. The molecule has 2 aromatic heterocycles. The second-order valence-electron chi connectivity index (χ2n) is 4.50. The van der Waals surface area contributed by atoms with E-state index in [1.54, 1.807) is 6.07 Å². The molecule has 0 aliphatic rings. The second-order valence-corrected chi connectivity index (χ2v) is 4.50. The van der Waals surface area contributed by atoms with Crippen LogP contribution in [0.4, 0.5) is 5.82 Å². The fourth-order valence-electron chi connectivity index (χ4n) is 2.15. The van der Waals surface area contributed by atoms with Crippen LogP contribution in [-0.4, -0.2) is 4.98 Å². The highest BCUT2D eigenvalue weighted by Crippen LogP contribution is 2.21. The average molecular weight is 295 g/mol. The van der Waals surface area contributed by atoms with Crippen LogP contribution in [0.2, 0.25) is 0 Å². The molecule has 0 saturated carbocycles. The summed E-state index contributed by atoms with van der Waals surface area (Å²) in [7, 11) is 0. The SMILES string of the molecule is CC.CCc1ccc2oc3nc(N)c(C#N)cc3c(=O)c2c1. The van der Waals surface area contributed by atoms with Gasteiger partial charge in [0.25, 0.3) is 0 Å². The lowest BCUT2D eigenvalue weighted by atomic mass is 10.1. The van der Waals surface area contributed by atoms with Crippen molar-refractivity contribution in [3.8, 4) is 6.07 Å². The Labute approximate surface area is 128 Å². The lowest BCUT2D eigenvalue weighted by Gasteiger charge is -2.04. The number of fused-ring (bicyclic) bond motifs is 2. The number of aryl methyl sites for hydroxylation is 1. The van der Waals surface area contributed by atoms with Crippen LogP contribution in [-0.2, 0) is 6.42 Å². The van der Waals surface area contributed by atoms with E-state index in [2.05, 4.69) is 4.98 Å². The van der Waals surface area contributed by atoms with E-state index in [-0.39, 0.29) is 27.9 Å². The number of hydrogen-bond acceptors (Lipinski definition) is 5. The summed E-state index contributed by atoms with van der Waals surface area (Å²) in [6.07, 6.45) is 0.830.